The van der Waals surface area contributed by atoms with E-state index < -0.39 is 24.1 Å². The maximum Gasteiger partial charge on any atom is 0.337 e. The average molecular weight is 324 g/mol. The Bertz CT molecular complexity index is 576. The molecule has 1 saturated carbocycles. The summed E-state index contributed by atoms with van der Waals surface area (Å²) in [7, 11) is 0. The quantitative estimate of drug-likeness (QED) is 0.657. The Hall–Kier alpha value is -2.09. The normalized spacial score (nSPS) is 18.2. The fourth-order valence-electron chi connectivity index (χ4n) is 2.62. The van der Waals surface area contributed by atoms with Crippen molar-refractivity contribution in [2.24, 2.45) is 0 Å². The van der Waals surface area contributed by atoms with E-state index in [-0.39, 0.29) is 0 Å². The molecule has 23 heavy (non-hydrogen) atoms. The number of carbonyl (C=O) groups is 2. The van der Waals surface area contributed by atoms with Crippen LogP contribution in [0.1, 0.15) is 50.6 Å². The molecular formula is C15H24N4O4. The fraction of sp³-hybridized carbons (Fsp3) is 0.667. The van der Waals surface area contributed by atoms with Crippen LogP contribution >= 0.6 is 0 Å². The van der Waals surface area contributed by atoms with Gasteiger partial charge in [-0.3, -0.25) is 10.00 Å². The Labute approximate surface area is 134 Å². The molecule has 1 aliphatic carbocycles. The molecule has 0 saturated heterocycles. The zero-order valence-electron chi connectivity index (χ0n) is 13.5. The number of amides is 2. The Morgan fingerprint density at radius 3 is 2.65 bits per heavy atom. The molecule has 0 aliphatic heterocycles. The minimum atomic E-state index is -2.01. The standard InChI is InChI=1S/C15H24N4O4/c1-10-8-19(11-6-4-3-5-7-11)18-12(10)17-14(22)16-9-15(2,23)13(20)21/h8,11,23H,3-7,9H2,1-2H3,(H,20,21)(H2,16,17,18,22). The number of aliphatic carboxylic acids is 1. The SMILES string of the molecule is Cc1cn(C2CCCCC2)nc1NC(=O)NCC(C)(O)C(=O)O. The maximum absolute atomic E-state index is 11.8. The Kier molecular flexibility index (Phi) is 5.25. The highest BCUT2D eigenvalue weighted by Crippen LogP contribution is 2.28. The highest BCUT2D eigenvalue weighted by molar-refractivity contribution is 5.89. The number of carboxylic acid groups (broad SMARTS) is 1. The van der Waals surface area contributed by atoms with E-state index in [2.05, 4.69) is 15.7 Å². The van der Waals surface area contributed by atoms with E-state index in [0.717, 1.165) is 25.3 Å². The van der Waals surface area contributed by atoms with Crippen molar-refractivity contribution in [1.82, 2.24) is 15.1 Å². The summed E-state index contributed by atoms with van der Waals surface area (Å²) in [4.78, 5) is 22.6. The summed E-state index contributed by atoms with van der Waals surface area (Å²) in [6.07, 6.45) is 7.74. The highest BCUT2D eigenvalue weighted by Gasteiger charge is 2.30. The van der Waals surface area contributed by atoms with Crippen LogP contribution in [0, 0.1) is 6.92 Å². The highest BCUT2D eigenvalue weighted by atomic mass is 16.4. The molecule has 0 spiro atoms. The first kappa shape index (κ1) is 17.3. The molecule has 1 aromatic heterocycles. The van der Waals surface area contributed by atoms with E-state index in [0.29, 0.717) is 11.9 Å². The number of aryl methyl sites for hydroxylation is 1. The van der Waals surface area contributed by atoms with Crippen LogP contribution in [-0.4, -0.2) is 44.1 Å². The minimum Gasteiger partial charge on any atom is -0.479 e. The first-order valence-corrected chi connectivity index (χ1v) is 7.86. The van der Waals surface area contributed by atoms with E-state index in [9.17, 15) is 14.7 Å². The van der Waals surface area contributed by atoms with Gasteiger partial charge in [-0.1, -0.05) is 19.3 Å². The first-order chi connectivity index (χ1) is 10.8. The predicted molar refractivity (Wildman–Crippen MR) is 84.4 cm³/mol. The van der Waals surface area contributed by atoms with E-state index in [1.807, 2.05) is 17.8 Å². The molecule has 128 valence electrons. The third kappa shape index (κ3) is 4.44. The van der Waals surface area contributed by atoms with Crippen LogP contribution in [0.5, 0.6) is 0 Å². The summed E-state index contributed by atoms with van der Waals surface area (Å²) in [6, 6.07) is -0.225. The summed E-state index contributed by atoms with van der Waals surface area (Å²) in [5, 5.41) is 27.7. The van der Waals surface area contributed by atoms with Crippen molar-refractivity contribution < 1.29 is 19.8 Å². The summed E-state index contributed by atoms with van der Waals surface area (Å²) in [5.74, 6) is -0.946. The smallest absolute Gasteiger partial charge is 0.337 e. The Morgan fingerprint density at radius 1 is 1.39 bits per heavy atom. The number of carbonyl (C=O) groups excluding carboxylic acids is 1. The number of hydrogen-bond acceptors (Lipinski definition) is 4. The average Bonchev–Trinajstić information content (AvgIpc) is 2.87. The van der Waals surface area contributed by atoms with Crippen molar-refractivity contribution in [2.45, 2.75) is 57.6 Å². The monoisotopic (exact) mass is 324 g/mol. The summed E-state index contributed by atoms with van der Waals surface area (Å²) >= 11 is 0. The van der Waals surface area contributed by atoms with Gasteiger partial charge in [0.2, 0.25) is 0 Å². The third-order valence-corrected chi connectivity index (χ3v) is 4.15. The molecule has 2 rings (SSSR count). The molecule has 1 unspecified atom stereocenters. The van der Waals surface area contributed by atoms with Gasteiger partial charge in [0.25, 0.3) is 0 Å². The third-order valence-electron chi connectivity index (χ3n) is 4.15. The lowest BCUT2D eigenvalue weighted by molar-refractivity contribution is -0.155. The minimum absolute atomic E-state index is 0.369. The number of nitrogens with zero attached hydrogens (tertiary/aromatic N) is 2. The van der Waals surface area contributed by atoms with Gasteiger partial charge in [-0.05, 0) is 26.7 Å². The van der Waals surface area contributed by atoms with Gasteiger partial charge < -0.3 is 15.5 Å². The van der Waals surface area contributed by atoms with Crippen LogP contribution in [0.15, 0.2) is 6.20 Å². The molecule has 1 heterocycles. The molecule has 0 aromatic carbocycles. The Morgan fingerprint density at radius 2 is 2.04 bits per heavy atom. The van der Waals surface area contributed by atoms with Crippen molar-refractivity contribution in [3.63, 3.8) is 0 Å². The molecule has 1 fully saturated rings. The lowest BCUT2D eigenvalue weighted by Crippen LogP contribution is -2.47. The lowest BCUT2D eigenvalue weighted by atomic mass is 9.96. The molecule has 8 nitrogen and oxygen atoms in total. The number of urea groups is 1. The first-order valence-electron chi connectivity index (χ1n) is 7.86. The number of carboxylic acids is 1. The van der Waals surface area contributed by atoms with Gasteiger partial charge in [-0.2, -0.15) is 5.10 Å². The zero-order valence-corrected chi connectivity index (χ0v) is 13.5. The van der Waals surface area contributed by atoms with E-state index in [1.54, 1.807) is 0 Å². The van der Waals surface area contributed by atoms with E-state index in [1.165, 1.54) is 19.3 Å². The molecule has 8 heteroatoms. The largest absolute Gasteiger partial charge is 0.479 e. The maximum atomic E-state index is 11.8. The summed E-state index contributed by atoms with van der Waals surface area (Å²) < 4.78 is 1.90. The van der Waals surface area contributed by atoms with Crippen molar-refractivity contribution >= 4 is 17.8 Å². The predicted octanol–water partition coefficient (Wildman–Crippen LogP) is 1.65. The second kappa shape index (κ2) is 6.99. The van der Waals surface area contributed by atoms with Crippen LogP contribution < -0.4 is 10.6 Å². The number of hydrogen-bond donors (Lipinski definition) is 4. The van der Waals surface area contributed by atoms with Crippen molar-refractivity contribution in [2.75, 3.05) is 11.9 Å². The van der Waals surface area contributed by atoms with Gasteiger partial charge in [0.15, 0.2) is 11.4 Å². The van der Waals surface area contributed by atoms with Crippen molar-refractivity contribution in [1.29, 1.82) is 0 Å². The molecule has 1 atom stereocenters. The van der Waals surface area contributed by atoms with Gasteiger partial charge in [-0.15, -0.1) is 0 Å². The molecule has 1 aromatic rings. The van der Waals surface area contributed by atoms with Gasteiger partial charge in [0, 0.05) is 11.8 Å². The van der Waals surface area contributed by atoms with Gasteiger partial charge in [0.1, 0.15) is 0 Å². The second-order valence-electron chi connectivity index (χ2n) is 6.32. The van der Waals surface area contributed by atoms with Gasteiger partial charge in [0.05, 0.1) is 12.6 Å². The number of aromatic nitrogens is 2. The van der Waals surface area contributed by atoms with Crippen molar-refractivity contribution in [3.8, 4) is 0 Å². The summed E-state index contributed by atoms with van der Waals surface area (Å²) in [6.45, 7) is 2.59. The van der Waals surface area contributed by atoms with E-state index in [4.69, 9.17) is 5.11 Å². The van der Waals surface area contributed by atoms with Crippen LogP contribution in [-0.2, 0) is 4.79 Å². The van der Waals surface area contributed by atoms with Crippen LogP contribution in [0.4, 0.5) is 10.6 Å². The van der Waals surface area contributed by atoms with Crippen molar-refractivity contribution in [3.05, 3.63) is 11.8 Å². The molecule has 2 amide bonds. The fourth-order valence-corrected chi connectivity index (χ4v) is 2.62. The molecular weight excluding hydrogens is 300 g/mol. The molecule has 4 N–H and O–H groups in total. The number of rotatable bonds is 5. The van der Waals surface area contributed by atoms with Gasteiger partial charge >= 0.3 is 12.0 Å². The lowest BCUT2D eigenvalue weighted by Gasteiger charge is -2.21. The number of aliphatic hydroxyl groups is 1. The van der Waals surface area contributed by atoms with Crippen LogP contribution in [0.25, 0.3) is 0 Å². The number of nitrogens with one attached hydrogen (secondary N) is 2. The zero-order chi connectivity index (χ0) is 17.0. The Balaban J connectivity index is 1.93. The molecule has 0 radical (unpaired) electrons. The van der Waals surface area contributed by atoms with Gasteiger partial charge in [-0.25, -0.2) is 9.59 Å². The van der Waals surface area contributed by atoms with Crippen LogP contribution in [0.2, 0.25) is 0 Å². The second-order valence-corrected chi connectivity index (χ2v) is 6.32. The topological polar surface area (TPSA) is 116 Å². The van der Waals surface area contributed by atoms with E-state index >= 15 is 0 Å². The number of anilines is 1. The molecule has 1 aliphatic rings. The summed E-state index contributed by atoms with van der Waals surface area (Å²) in [5.41, 5.74) is -1.16. The molecule has 0 bridgehead atoms. The van der Waals surface area contributed by atoms with Crippen LogP contribution in [0.3, 0.4) is 0 Å².